The van der Waals surface area contributed by atoms with Gasteiger partial charge in [0.15, 0.2) is 0 Å². The predicted molar refractivity (Wildman–Crippen MR) is 44.8 cm³/mol. The van der Waals surface area contributed by atoms with Crippen LogP contribution >= 0.6 is 0 Å². The number of benzene rings is 1. The lowest BCUT2D eigenvalue weighted by molar-refractivity contribution is -0.146. The summed E-state index contributed by atoms with van der Waals surface area (Å²) in [4.78, 5) is 0. The zero-order chi connectivity index (χ0) is 10.6. The summed E-state index contributed by atoms with van der Waals surface area (Å²) in [5, 5.41) is 8.59. The summed E-state index contributed by atoms with van der Waals surface area (Å²) >= 11 is 0. The van der Waals surface area contributed by atoms with Crippen molar-refractivity contribution in [3.8, 4) is 0 Å². The first-order chi connectivity index (χ1) is 6.53. The Hall–Kier alpha value is -1.07. The van der Waals surface area contributed by atoms with Crippen LogP contribution in [-0.4, -0.2) is 11.4 Å². The standard InChI is InChI=1S/C9H10F3NO/c10-9(11,12)6-8(13-14)7-4-2-1-3-5-7/h1-5,8,13-14H,6H2. The third-order valence-corrected chi connectivity index (χ3v) is 1.79. The second-order valence-electron chi connectivity index (χ2n) is 2.91. The van der Waals surface area contributed by atoms with Crippen molar-refractivity contribution in [1.82, 2.24) is 5.48 Å². The first-order valence-electron chi connectivity index (χ1n) is 4.04. The van der Waals surface area contributed by atoms with Gasteiger partial charge in [0.05, 0.1) is 12.5 Å². The fourth-order valence-corrected chi connectivity index (χ4v) is 1.15. The Labute approximate surface area is 79.3 Å². The molecule has 0 radical (unpaired) electrons. The van der Waals surface area contributed by atoms with E-state index in [0.29, 0.717) is 5.56 Å². The molecule has 2 N–H and O–H groups in total. The van der Waals surface area contributed by atoms with Crippen LogP contribution in [0.5, 0.6) is 0 Å². The van der Waals surface area contributed by atoms with Gasteiger partial charge in [0.25, 0.3) is 0 Å². The lowest BCUT2D eigenvalue weighted by atomic mass is 10.0. The Bertz CT molecular complexity index is 273. The highest BCUT2D eigenvalue weighted by Gasteiger charge is 2.32. The molecular weight excluding hydrogens is 195 g/mol. The van der Waals surface area contributed by atoms with Gasteiger partial charge in [0.2, 0.25) is 0 Å². The van der Waals surface area contributed by atoms with Crippen LogP contribution in [0.3, 0.4) is 0 Å². The van der Waals surface area contributed by atoms with E-state index in [1.54, 1.807) is 23.7 Å². The third-order valence-electron chi connectivity index (χ3n) is 1.79. The van der Waals surface area contributed by atoms with Crippen LogP contribution in [0, 0.1) is 0 Å². The van der Waals surface area contributed by atoms with Crippen LogP contribution in [0.4, 0.5) is 13.2 Å². The Morgan fingerprint density at radius 3 is 2.21 bits per heavy atom. The highest BCUT2D eigenvalue weighted by Crippen LogP contribution is 2.28. The maximum atomic E-state index is 12.0. The van der Waals surface area contributed by atoms with Crippen molar-refractivity contribution in [3.05, 3.63) is 35.9 Å². The molecule has 0 amide bonds. The second kappa shape index (κ2) is 4.43. The molecule has 1 rings (SSSR count). The molecule has 0 spiro atoms. The molecule has 0 heterocycles. The van der Waals surface area contributed by atoms with Crippen molar-refractivity contribution < 1.29 is 18.4 Å². The number of nitrogens with one attached hydrogen (secondary N) is 1. The lowest BCUT2D eigenvalue weighted by Gasteiger charge is -2.16. The molecule has 1 atom stereocenters. The Morgan fingerprint density at radius 2 is 1.79 bits per heavy atom. The quantitative estimate of drug-likeness (QED) is 0.743. The SMILES string of the molecule is ONC(CC(F)(F)F)c1ccccc1. The summed E-state index contributed by atoms with van der Waals surface area (Å²) in [5.41, 5.74) is 2.06. The van der Waals surface area contributed by atoms with Gasteiger partial charge in [0.1, 0.15) is 0 Å². The molecule has 0 aromatic heterocycles. The van der Waals surface area contributed by atoms with E-state index in [-0.39, 0.29) is 0 Å². The van der Waals surface area contributed by atoms with Gasteiger partial charge in [-0.1, -0.05) is 30.3 Å². The van der Waals surface area contributed by atoms with E-state index >= 15 is 0 Å². The zero-order valence-electron chi connectivity index (χ0n) is 7.25. The van der Waals surface area contributed by atoms with Crippen LogP contribution in [0.25, 0.3) is 0 Å². The monoisotopic (exact) mass is 205 g/mol. The molecule has 0 saturated heterocycles. The second-order valence-corrected chi connectivity index (χ2v) is 2.91. The van der Waals surface area contributed by atoms with Gasteiger partial charge in [0, 0.05) is 0 Å². The summed E-state index contributed by atoms with van der Waals surface area (Å²) in [6.07, 6.45) is -5.39. The third kappa shape index (κ3) is 3.35. The number of hydrogen-bond donors (Lipinski definition) is 2. The first-order valence-corrected chi connectivity index (χ1v) is 4.04. The Morgan fingerprint density at radius 1 is 1.21 bits per heavy atom. The van der Waals surface area contributed by atoms with E-state index in [4.69, 9.17) is 5.21 Å². The minimum absolute atomic E-state index is 0.410. The van der Waals surface area contributed by atoms with Gasteiger partial charge < -0.3 is 5.21 Å². The number of rotatable bonds is 3. The van der Waals surface area contributed by atoms with Crippen LogP contribution in [0.2, 0.25) is 0 Å². The molecule has 0 aliphatic carbocycles. The largest absolute Gasteiger partial charge is 0.391 e. The zero-order valence-corrected chi connectivity index (χ0v) is 7.25. The number of hydroxylamine groups is 1. The Balaban J connectivity index is 2.73. The summed E-state index contributed by atoms with van der Waals surface area (Å²) in [6, 6.07) is 6.90. The van der Waals surface area contributed by atoms with Crippen molar-refractivity contribution in [3.63, 3.8) is 0 Å². The minimum Gasteiger partial charge on any atom is -0.316 e. The van der Waals surface area contributed by atoms with Crippen molar-refractivity contribution in [2.75, 3.05) is 0 Å². The average Bonchev–Trinajstić information content (AvgIpc) is 2.14. The highest BCUT2D eigenvalue weighted by atomic mass is 19.4. The van der Waals surface area contributed by atoms with E-state index in [9.17, 15) is 13.2 Å². The molecule has 0 bridgehead atoms. The summed E-state index contributed by atoms with van der Waals surface area (Å²) < 4.78 is 36.1. The molecule has 0 aliphatic rings. The summed E-state index contributed by atoms with van der Waals surface area (Å²) in [5.74, 6) is 0. The van der Waals surface area contributed by atoms with Crippen molar-refractivity contribution in [2.45, 2.75) is 18.6 Å². The molecule has 0 fully saturated rings. The average molecular weight is 205 g/mol. The van der Waals surface area contributed by atoms with Gasteiger partial charge in [-0.25, -0.2) is 0 Å². The van der Waals surface area contributed by atoms with Crippen LogP contribution < -0.4 is 5.48 Å². The van der Waals surface area contributed by atoms with Crippen LogP contribution in [0.1, 0.15) is 18.0 Å². The lowest BCUT2D eigenvalue weighted by Crippen LogP contribution is -2.24. The van der Waals surface area contributed by atoms with Gasteiger partial charge in [-0.3, -0.25) is 0 Å². The normalized spacial score (nSPS) is 14.0. The van der Waals surface area contributed by atoms with E-state index in [0.717, 1.165) is 0 Å². The molecule has 5 heteroatoms. The molecule has 78 valence electrons. The molecule has 1 unspecified atom stereocenters. The first kappa shape index (κ1) is 11.0. The van der Waals surface area contributed by atoms with Crippen molar-refractivity contribution in [1.29, 1.82) is 0 Å². The van der Waals surface area contributed by atoms with E-state index in [2.05, 4.69) is 0 Å². The topological polar surface area (TPSA) is 32.3 Å². The minimum atomic E-state index is -4.30. The molecule has 0 aliphatic heterocycles. The Kier molecular flexibility index (Phi) is 3.49. The van der Waals surface area contributed by atoms with E-state index < -0.39 is 18.6 Å². The molecule has 1 aromatic carbocycles. The van der Waals surface area contributed by atoms with Crippen molar-refractivity contribution in [2.24, 2.45) is 0 Å². The molecule has 2 nitrogen and oxygen atoms in total. The maximum Gasteiger partial charge on any atom is 0.391 e. The summed E-state index contributed by atoms with van der Waals surface area (Å²) in [7, 11) is 0. The highest BCUT2D eigenvalue weighted by molar-refractivity contribution is 5.18. The van der Waals surface area contributed by atoms with Crippen LogP contribution in [-0.2, 0) is 0 Å². The molecule has 14 heavy (non-hydrogen) atoms. The molecule has 1 aromatic rings. The molecule has 0 saturated carbocycles. The van der Waals surface area contributed by atoms with E-state index in [1.165, 1.54) is 12.1 Å². The van der Waals surface area contributed by atoms with Gasteiger partial charge >= 0.3 is 6.18 Å². The van der Waals surface area contributed by atoms with E-state index in [1.807, 2.05) is 0 Å². The predicted octanol–water partition coefficient (Wildman–Crippen LogP) is 2.66. The summed E-state index contributed by atoms with van der Waals surface area (Å²) in [6.45, 7) is 0. The fraction of sp³-hybridized carbons (Fsp3) is 0.333. The van der Waals surface area contributed by atoms with Crippen LogP contribution in [0.15, 0.2) is 30.3 Å². The van der Waals surface area contributed by atoms with Gasteiger partial charge in [-0.05, 0) is 5.56 Å². The fourth-order valence-electron chi connectivity index (χ4n) is 1.15. The smallest absolute Gasteiger partial charge is 0.316 e. The van der Waals surface area contributed by atoms with Gasteiger partial charge in [-0.15, -0.1) is 0 Å². The maximum absolute atomic E-state index is 12.0. The number of alkyl halides is 3. The molecular formula is C9H10F3NO. The number of hydrogen-bond acceptors (Lipinski definition) is 2. The van der Waals surface area contributed by atoms with Crippen molar-refractivity contribution >= 4 is 0 Å². The number of halogens is 3. The van der Waals surface area contributed by atoms with Gasteiger partial charge in [-0.2, -0.15) is 18.7 Å².